The largest absolute Gasteiger partial charge is 0.497 e. The van der Waals surface area contributed by atoms with Gasteiger partial charge in [0.15, 0.2) is 0 Å². The number of carbonyl (C=O) groups is 2. The average molecular weight is 346 g/mol. The lowest BCUT2D eigenvalue weighted by Crippen LogP contribution is -2.45. The van der Waals surface area contributed by atoms with Gasteiger partial charge in [0.25, 0.3) is 0 Å². The molecule has 1 saturated carbocycles. The normalized spacial score (nSPS) is 16.5. The van der Waals surface area contributed by atoms with E-state index in [1.165, 1.54) is 0 Å². The standard InChI is InChI=1S/C19H26N2O4/c1-3-25-19(23)13-20(15-6-7-15)12-18(22)21-10-4-5-14-11-16(24-2)8-9-17(14)21/h8-9,11,15H,3-7,10,12-13H2,1-2H3. The van der Waals surface area contributed by atoms with Gasteiger partial charge in [-0.15, -0.1) is 0 Å². The molecule has 1 heterocycles. The highest BCUT2D eigenvalue weighted by Crippen LogP contribution is 2.31. The molecule has 1 amide bonds. The highest BCUT2D eigenvalue weighted by Gasteiger charge is 2.34. The van der Waals surface area contributed by atoms with Crippen LogP contribution in [0.15, 0.2) is 18.2 Å². The van der Waals surface area contributed by atoms with E-state index in [0.29, 0.717) is 12.6 Å². The molecule has 3 rings (SSSR count). The first-order valence-electron chi connectivity index (χ1n) is 8.99. The summed E-state index contributed by atoms with van der Waals surface area (Å²) < 4.78 is 10.3. The minimum atomic E-state index is -0.258. The zero-order chi connectivity index (χ0) is 17.8. The lowest BCUT2D eigenvalue weighted by molar-refractivity contribution is -0.144. The van der Waals surface area contributed by atoms with Crippen molar-refractivity contribution in [3.05, 3.63) is 23.8 Å². The summed E-state index contributed by atoms with van der Waals surface area (Å²) in [4.78, 5) is 28.5. The van der Waals surface area contributed by atoms with Crippen LogP contribution in [-0.4, -0.2) is 56.2 Å². The Morgan fingerprint density at radius 1 is 1.28 bits per heavy atom. The third-order valence-electron chi connectivity index (χ3n) is 4.75. The number of hydrogen-bond acceptors (Lipinski definition) is 5. The van der Waals surface area contributed by atoms with Crippen LogP contribution in [0.4, 0.5) is 5.69 Å². The maximum absolute atomic E-state index is 12.9. The van der Waals surface area contributed by atoms with Crippen molar-refractivity contribution >= 4 is 17.6 Å². The van der Waals surface area contributed by atoms with Gasteiger partial charge in [0, 0.05) is 18.3 Å². The fourth-order valence-electron chi connectivity index (χ4n) is 3.34. The molecule has 1 aromatic carbocycles. The molecule has 1 aromatic rings. The lowest BCUT2D eigenvalue weighted by atomic mass is 10.0. The topological polar surface area (TPSA) is 59.1 Å². The number of anilines is 1. The Kier molecular flexibility index (Phi) is 5.58. The van der Waals surface area contributed by atoms with Gasteiger partial charge in [-0.1, -0.05) is 0 Å². The van der Waals surface area contributed by atoms with E-state index < -0.39 is 0 Å². The molecule has 6 heteroatoms. The van der Waals surface area contributed by atoms with Crippen molar-refractivity contribution in [3.8, 4) is 5.75 Å². The van der Waals surface area contributed by atoms with Crippen LogP contribution in [0.25, 0.3) is 0 Å². The Bertz CT molecular complexity index is 642. The van der Waals surface area contributed by atoms with Gasteiger partial charge < -0.3 is 14.4 Å². The summed E-state index contributed by atoms with van der Waals surface area (Å²) in [5.74, 6) is 0.600. The number of esters is 1. The SMILES string of the molecule is CCOC(=O)CN(CC(=O)N1CCCc2cc(OC)ccc21)C1CC1. The Morgan fingerprint density at radius 2 is 2.08 bits per heavy atom. The minimum Gasteiger partial charge on any atom is -0.497 e. The third kappa shape index (κ3) is 4.31. The number of ether oxygens (including phenoxy) is 2. The summed E-state index contributed by atoms with van der Waals surface area (Å²) >= 11 is 0. The van der Waals surface area contributed by atoms with Crippen LogP contribution < -0.4 is 9.64 Å². The number of fused-ring (bicyclic) bond motifs is 1. The number of methoxy groups -OCH3 is 1. The molecule has 0 spiro atoms. The summed E-state index contributed by atoms with van der Waals surface area (Å²) in [5, 5.41) is 0. The van der Waals surface area contributed by atoms with Crippen molar-refractivity contribution in [2.75, 3.05) is 38.3 Å². The predicted octanol–water partition coefficient (Wildman–Crippen LogP) is 2.00. The summed E-state index contributed by atoms with van der Waals surface area (Å²) in [6.07, 6.45) is 3.97. The first-order valence-corrected chi connectivity index (χ1v) is 8.99. The molecule has 0 unspecified atom stereocenters. The van der Waals surface area contributed by atoms with Crippen molar-refractivity contribution in [1.82, 2.24) is 4.90 Å². The Balaban J connectivity index is 1.69. The van der Waals surface area contributed by atoms with E-state index in [4.69, 9.17) is 9.47 Å². The van der Waals surface area contributed by atoms with Crippen molar-refractivity contribution in [2.45, 2.75) is 38.6 Å². The molecule has 0 N–H and O–H groups in total. The predicted molar refractivity (Wildman–Crippen MR) is 94.9 cm³/mol. The number of hydrogen-bond donors (Lipinski definition) is 0. The lowest BCUT2D eigenvalue weighted by Gasteiger charge is -2.32. The van der Waals surface area contributed by atoms with Gasteiger partial charge in [-0.3, -0.25) is 14.5 Å². The minimum absolute atomic E-state index is 0.0438. The van der Waals surface area contributed by atoms with Gasteiger partial charge in [-0.25, -0.2) is 0 Å². The molecule has 25 heavy (non-hydrogen) atoms. The molecular weight excluding hydrogens is 320 g/mol. The number of nitrogens with zero attached hydrogens (tertiary/aromatic N) is 2. The molecule has 6 nitrogen and oxygen atoms in total. The number of benzene rings is 1. The number of carbonyl (C=O) groups excluding carboxylic acids is 2. The van der Waals surface area contributed by atoms with E-state index in [-0.39, 0.29) is 25.0 Å². The van der Waals surface area contributed by atoms with E-state index in [1.54, 1.807) is 14.0 Å². The molecule has 1 aliphatic heterocycles. The zero-order valence-electron chi connectivity index (χ0n) is 15.0. The molecule has 1 fully saturated rings. The quantitative estimate of drug-likeness (QED) is 0.707. The van der Waals surface area contributed by atoms with Gasteiger partial charge in [0.1, 0.15) is 5.75 Å². The maximum Gasteiger partial charge on any atom is 0.320 e. The van der Waals surface area contributed by atoms with Crippen LogP contribution in [0.1, 0.15) is 31.7 Å². The number of amides is 1. The molecule has 2 aliphatic rings. The summed E-state index contributed by atoms with van der Waals surface area (Å²) in [6.45, 7) is 3.33. The monoisotopic (exact) mass is 346 g/mol. The van der Waals surface area contributed by atoms with Crippen molar-refractivity contribution in [1.29, 1.82) is 0 Å². The van der Waals surface area contributed by atoms with E-state index in [2.05, 4.69) is 0 Å². The number of rotatable bonds is 7. The smallest absolute Gasteiger partial charge is 0.320 e. The second-order valence-corrected chi connectivity index (χ2v) is 6.58. The highest BCUT2D eigenvalue weighted by molar-refractivity contribution is 5.96. The summed E-state index contributed by atoms with van der Waals surface area (Å²) in [5.41, 5.74) is 2.10. The molecule has 1 aliphatic carbocycles. The van der Waals surface area contributed by atoms with Crippen LogP contribution >= 0.6 is 0 Å². The van der Waals surface area contributed by atoms with Crippen LogP contribution in [-0.2, 0) is 20.7 Å². The molecule has 0 aromatic heterocycles. The van der Waals surface area contributed by atoms with E-state index in [9.17, 15) is 9.59 Å². The fraction of sp³-hybridized carbons (Fsp3) is 0.579. The third-order valence-corrected chi connectivity index (χ3v) is 4.75. The molecule has 0 saturated heterocycles. The average Bonchev–Trinajstić information content (AvgIpc) is 3.45. The summed E-state index contributed by atoms with van der Waals surface area (Å²) in [6, 6.07) is 6.18. The Labute approximate surface area is 148 Å². The first-order chi connectivity index (χ1) is 12.1. The van der Waals surface area contributed by atoms with Gasteiger partial charge in [0.2, 0.25) is 5.91 Å². The van der Waals surface area contributed by atoms with Gasteiger partial charge in [0.05, 0.1) is 26.8 Å². The highest BCUT2D eigenvalue weighted by atomic mass is 16.5. The van der Waals surface area contributed by atoms with Crippen LogP contribution in [0.3, 0.4) is 0 Å². The zero-order valence-corrected chi connectivity index (χ0v) is 15.0. The molecular formula is C19H26N2O4. The van der Waals surface area contributed by atoms with Crippen molar-refractivity contribution < 1.29 is 19.1 Å². The van der Waals surface area contributed by atoms with E-state index >= 15 is 0 Å². The Morgan fingerprint density at radius 3 is 2.76 bits per heavy atom. The van der Waals surface area contributed by atoms with E-state index in [1.807, 2.05) is 28.0 Å². The molecule has 0 bridgehead atoms. The van der Waals surface area contributed by atoms with Crippen LogP contribution in [0.2, 0.25) is 0 Å². The summed E-state index contributed by atoms with van der Waals surface area (Å²) in [7, 11) is 1.65. The Hall–Kier alpha value is -2.08. The van der Waals surface area contributed by atoms with Crippen molar-refractivity contribution in [2.24, 2.45) is 0 Å². The van der Waals surface area contributed by atoms with E-state index in [0.717, 1.165) is 49.2 Å². The van der Waals surface area contributed by atoms with Crippen LogP contribution in [0, 0.1) is 0 Å². The van der Waals surface area contributed by atoms with Gasteiger partial charge >= 0.3 is 5.97 Å². The molecule has 0 atom stereocenters. The van der Waals surface area contributed by atoms with Gasteiger partial charge in [-0.2, -0.15) is 0 Å². The second-order valence-electron chi connectivity index (χ2n) is 6.58. The maximum atomic E-state index is 12.9. The second kappa shape index (κ2) is 7.87. The number of aryl methyl sites for hydroxylation is 1. The molecule has 136 valence electrons. The molecule has 0 radical (unpaired) electrons. The fourth-order valence-corrected chi connectivity index (χ4v) is 3.34. The first kappa shape index (κ1) is 17.7. The van der Waals surface area contributed by atoms with Crippen LogP contribution in [0.5, 0.6) is 5.75 Å². The van der Waals surface area contributed by atoms with Gasteiger partial charge in [-0.05, 0) is 56.4 Å². The van der Waals surface area contributed by atoms with Crippen molar-refractivity contribution in [3.63, 3.8) is 0 Å².